The van der Waals surface area contributed by atoms with Crippen LogP contribution in [0.3, 0.4) is 0 Å². The molecule has 2 heteroatoms. The maximum atomic E-state index is 10.7. The maximum absolute atomic E-state index is 10.7. The van der Waals surface area contributed by atoms with E-state index in [-0.39, 0.29) is 11.8 Å². The van der Waals surface area contributed by atoms with Gasteiger partial charge in [0.1, 0.15) is 0 Å². The van der Waals surface area contributed by atoms with E-state index in [0.29, 0.717) is 0 Å². The van der Waals surface area contributed by atoms with Gasteiger partial charge in [0.25, 0.3) is 0 Å². The SMILES string of the molecule is CCCCC/C=C\C/C=C\C/C=C\C/C=C\C1CC1C(=O)O. The fraction of sp³-hybridized carbons (Fsp3) is 0.550. The summed E-state index contributed by atoms with van der Waals surface area (Å²) in [5.41, 5.74) is 0. The molecule has 0 bridgehead atoms. The zero-order valence-corrected chi connectivity index (χ0v) is 13.8. The highest BCUT2D eigenvalue weighted by atomic mass is 16.4. The number of unbranched alkanes of at least 4 members (excludes halogenated alkanes) is 3. The summed E-state index contributed by atoms with van der Waals surface area (Å²) in [5, 5.41) is 8.78. The predicted molar refractivity (Wildman–Crippen MR) is 93.8 cm³/mol. The summed E-state index contributed by atoms with van der Waals surface area (Å²) >= 11 is 0. The minimum Gasteiger partial charge on any atom is -0.481 e. The molecule has 0 aliphatic heterocycles. The van der Waals surface area contributed by atoms with Crippen LogP contribution in [0.4, 0.5) is 0 Å². The lowest BCUT2D eigenvalue weighted by Gasteiger charge is -1.90. The van der Waals surface area contributed by atoms with Crippen LogP contribution < -0.4 is 0 Å². The Morgan fingerprint density at radius 3 is 2.09 bits per heavy atom. The van der Waals surface area contributed by atoms with Crippen LogP contribution in [0, 0.1) is 11.8 Å². The van der Waals surface area contributed by atoms with Crippen molar-refractivity contribution in [3.63, 3.8) is 0 Å². The smallest absolute Gasteiger partial charge is 0.307 e. The van der Waals surface area contributed by atoms with Gasteiger partial charge in [0.15, 0.2) is 0 Å². The number of carbonyl (C=O) groups is 1. The van der Waals surface area contributed by atoms with Gasteiger partial charge >= 0.3 is 5.97 Å². The first-order chi connectivity index (χ1) is 10.8. The molecular weight excluding hydrogens is 272 g/mol. The van der Waals surface area contributed by atoms with Gasteiger partial charge < -0.3 is 5.11 Å². The summed E-state index contributed by atoms with van der Waals surface area (Å²) < 4.78 is 0. The van der Waals surface area contributed by atoms with E-state index in [0.717, 1.165) is 25.7 Å². The number of rotatable bonds is 12. The molecule has 2 atom stereocenters. The van der Waals surface area contributed by atoms with Gasteiger partial charge in [0, 0.05) is 0 Å². The molecule has 1 rings (SSSR count). The van der Waals surface area contributed by atoms with E-state index in [2.05, 4.69) is 49.5 Å². The third-order valence-corrected chi connectivity index (χ3v) is 3.83. The lowest BCUT2D eigenvalue weighted by atomic mass is 10.2. The van der Waals surface area contributed by atoms with Gasteiger partial charge in [-0.3, -0.25) is 4.79 Å². The van der Waals surface area contributed by atoms with E-state index in [1.54, 1.807) is 0 Å². The Bertz CT molecular complexity index is 415. The third-order valence-electron chi connectivity index (χ3n) is 3.83. The Morgan fingerprint density at radius 2 is 1.55 bits per heavy atom. The highest BCUT2D eigenvalue weighted by Gasteiger charge is 2.40. The second kappa shape index (κ2) is 12.0. The molecule has 1 saturated carbocycles. The molecule has 22 heavy (non-hydrogen) atoms. The molecular formula is C20H30O2. The van der Waals surface area contributed by atoms with Crippen molar-refractivity contribution in [3.05, 3.63) is 48.6 Å². The Kier molecular flexibility index (Phi) is 10.1. The van der Waals surface area contributed by atoms with Gasteiger partial charge in [-0.05, 0) is 44.4 Å². The van der Waals surface area contributed by atoms with Crippen LogP contribution >= 0.6 is 0 Å². The van der Waals surface area contributed by atoms with Crippen molar-refractivity contribution in [2.75, 3.05) is 0 Å². The van der Waals surface area contributed by atoms with Crippen molar-refractivity contribution < 1.29 is 9.90 Å². The molecule has 1 aliphatic carbocycles. The monoisotopic (exact) mass is 302 g/mol. The number of hydrogen-bond donors (Lipinski definition) is 1. The first-order valence-electron chi connectivity index (χ1n) is 8.60. The zero-order valence-electron chi connectivity index (χ0n) is 13.8. The molecule has 1 aliphatic rings. The summed E-state index contributed by atoms with van der Waals surface area (Å²) in [6.45, 7) is 2.23. The van der Waals surface area contributed by atoms with Crippen LogP contribution in [0.25, 0.3) is 0 Å². The Labute approximate surface area is 135 Å². The predicted octanol–water partition coefficient (Wildman–Crippen LogP) is 5.68. The number of hydrogen-bond acceptors (Lipinski definition) is 1. The van der Waals surface area contributed by atoms with Gasteiger partial charge in [-0.15, -0.1) is 0 Å². The van der Waals surface area contributed by atoms with E-state index in [4.69, 9.17) is 5.11 Å². The highest BCUT2D eigenvalue weighted by molar-refractivity contribution is 5.73. The average Bonchev–Trinajstić information content (AvgIpc) is 3.27. The summed E-state index contributed by atoms with van der Waals surface area (Å²) in [7, 11) is 0. The zero-order chi connectivity index (χ0) is 16.0. The van der Waals surface area contributed by atoms with Crippen LogP contribution in [0.1, 0.15) is 58.3 Å². The topological polar surface area (TPSA) is 37.3 Å². The average molecular weight is 302 g/mol. The number of allylic oxidation sites excluding steroid dienone is 8. The molecule has 2 nitrogen and oxygen atoms in total. The number of aliphatic carboxylic acids is 1. The molecule has 0 radical (unpaired) electrons. The molecule has 122 valence electrons. The summed E-state index contributed by atoms with van der Waals surface area (Å²) in [6, 6.07) is 0. The fourth-order valence-electron chi connectivity index (χ4n) is 2.31. The van der Waals surface area contributed by atoms with Crippen molar-refractivity contribution >= 4 is 5.97 Å². The maximum Gasteiger partial charge on any atom is 0.307 e. The van der Waals surface area contributed by atoms with Crippen molar-refractivity contribution in [2.45, 2.75) is 58.3 Å². The second-order valence-electron chi connectivity index (χ2n) is 5.89. The summed E-state index contributed by atoms with van der Waals surface area (Å²) in [5.74, 6) is -0.511. The fourth-order valence-corrected chi connectivity index (χ4v) is 2.31. The van der Waals surface area contributed by atoms with E-state index >= 15 is 0 Å². The van der Waals surface area contributed by atoms with E-state index < -0.39 is 5.97 Å². The minimum absolute atomic E-state index is 0.127. The first kappa shape index (κ1) is 18.5. The van der Waals surface area contributed by atoms with Crippen LogP contribution in [-0.2, 0) is 4.79 Å². The van der Waals surface area contributed by atoms with E-state index in [1.165, 1.54) is 25.7 Å². The second-order valence-corrected chi connectivity index (χ2v) is 5.89. The summed E-state index contributed by atoms with van der Waals surface area (Å²) in [6.07, 6.45) is 26.2. The molecule has 0 aromatic rings. The van der Waals surface area contributed by atoms with Crippen LogP contribution in [0.5, 0.6) is 0 Å². The molecule has 0 saturated heterocycles. The van der Waals surface area contributed by atoms with E-state index in [1.807, 2.05) is 6.08 Å². The highest BCUT2D eigenvalue weighted by Crippen LogP contribution is 2.39. The largest absolute Gasteiger partial charge is 0.481 e. The quantitative estimate of drug-likeness (QED) is 0.372. The third kappa shape index (κ3) is 9.38. The molecule has 1 fully saturated rings. The van der Waals surface area contributed by atoms with Gasteiger partial charge in [-0.1, -0.05) is 68.4 Å². The molecule has 0 amide bonds. The standard InChI is InChI=1S/C20H30O2/c1-2-3-4-5-6-7-8-9-10-11-12-13-14-15-16-18-17-19(18)20(21)22/h6-7,9-10,12-13,15-16,18-19H,2-5,8,11,14,17H2,1H3,(H,21,22)/b7-6-,10-9-,13-12-,16-15-. The van der Waals surface area contributed by atoms with Crippen LogP contribution in [0.2, 0.25) is 0 Å². The van der Waals surface area contributed by atoms with Gasteiger partial charge in [0.2, 0.25) is 0 Å². The van der Waals surface area contributed by atoms with Crippen molar-refractivity contribution in [3.8, 4) is 0 Å². The summed E-state index contributed by atoms with van der Waals surface area (Å²) in [4.78, 5) is 10.7. The Balaban J connectivity index is 1.94. The molecule has 0 spiro atoms. The van der Waals surface area contributed by atoms with Crippen molar-refractivity contribution in [1.82, 2.24) is 0 Å². The molecule has 2 unspecified atom stereocenters. The Hall–Kier alpha value is -1.57. The van der Waals surface area contributed by atoms with Gasteiger partial charge in [-0.25, -0.2) is 0 Å². The molecule has 0 heterocycles. The lowest BCUT2D eigenvalue weighted by Crippen LogP contribution is -1.97. The number of carboxylic acid groups (broad SMARTS) is 1. The van der Waals surface area contributed by atoms with Crippen LogP contribution in [-0.4, -0.2) is 11.1 Å². The van der Waals surface area contributed by atoms with Crippen molar-refractivity contribution in [2.24, 2.45) is 11.8 Å². The minimum atomic E-state index is -0.658. The molecule has 0 aromatic carbocycles. The molecule has 1 N–H and O–H groups in total. The lowest BCUT2D eigenvalue weighted by molar-refractivity contribution is -0.138. The van der Waals surface area contributed by atoms with Gasteiger partial charge in [0.05, 0.1) is 5.92 Å². The number of carboxylic acids is 1. The van der Waals surface area contributed by atoms with E-state index in [9.17, 15) is 4.79 Å². The first-order valence-corrected chi connectivity index (χ1v) is 8.60. The van der Waals surface area contributed by atoms with Crippen LogP contribution in [0.15, 0.2) is 48.6 Å². The molecule has 0 aromatic heterocycles. The van der Waals surface area contributed by atoms with Crippen molar-refractivity contribution in [1.29, 1.82) is 0 Å². The Morgan fingerprint density at radius 1 is 0.955 bits per heavy atom. The van der Waals surface area contributed by atoms with Gasteiger partial charge in [-0.2, -0.15) is 0 Å². The normalized spacial score (nSPS) is 21.7.